The first-order valence-corrected chi connectivity index (χ1v) is 8.75. The second kappa shape index (κ2) is 9.11. The molecule has 5 nitrogen and oxygen atoms in total. The summed E-state index contributed by atoms with van der Waals surface area (Å²) < 4.78 is 17.5. The second-order valence-electron chi connectivity index (χ2n) is 5.67. The molecule has 1 aromatic carbocycles. The summed E-state index contributed by atoms with van der Waals surface area (Å²) in [5, 5.41) is 3.48. The largest absolute Gasteiger partial charge is 0.493 e. The number of ether oxygens (including phenoxy) is 2. The molecule has 0 radical (unpaired) electrons. The minimum Gasteiger partial charge on any atom is -0.493 e. The minimum atomic E-state index is 0.188. The van der Waals surface area contributed by atoms with Crippen molar-refractivity contribution in [2.24, 2.45) is 0 Å². The molecule has 24 heavy (non-hydrogen) atoms. The van der Waals surface area contributed by atoms with Gasteiger partial charge in [-0.1, -0.05) is 0 Å². The lowest BCUT2D eigenvalue weighted by Crippen LogP contribution is -2.30. The van der Waals surface area contributed by atoms with E-state index < -0.39 is 0 Å². The standard InChI is InChI=1S/C18H25BrN2O3/c1-5-23-18-14(19)9-13(10-17(18)22-4)11-20-12-15(21(2)3)16-7-6-8-24-16/h6-10,15,20H,5,11-12H2,1-4H3. The van der Waals surface area contributed by atoms with Crippen LogP contribution in [-0.2, 0) is 6.54 Å². The van der Waals surface area contributed by atoms with Crippen LogP contribution in [0.5, 0.6) is 11.5 Å². The van der Waals surface area contributed by atoms with Crippen molar-refractivity contribution in [1.29, 1.82) is 0 Å². The fraction of sp³-hybridized carbons (Fsp3) is 0.444. The fourth-order valence-corrected chi connectivity index (χ4v) is 3.14. The maximum Gasteiger partial charge on any atom is 0.175 e. The van der Waals surface area contributed by atoms with E-state index in [-0.39, 0.29) is 6.04 Å². The number of nitrogens with zero attached hydrogens (tertiary/aromatic N) is 1. The van der Waals surface area contributed by atoms with E-state index in [1.165, 1.54) is 0 Å². The molecule has 0 aliphatic rings. The number of hydrogen-bond acceptors (Lipinski definition) is 5. The Kier molecular flexibility index (Phi) is 7.15. The zero-order valence-corrected chi connectivity index (χ0v) is 16.2. The number of furan rings is 1. The minimum absolute atomic E-state index is 0.188. The van der Waals surface area contributed by atoms with Gasteiger partial charge in [-0.3, -0.25) is 4.90 Å². The van der Waals surface area contributed by atoms with E-state index in [0.29, 0.717) is 6.61 Å². The van der Waals surface area contributed by atoms with Crippen molar-refractivity contribution in [2.75, 3.05) is 34.4 Å². The van der Waals surface area contributed by atoms with Crippen LogP contribution >= 0.6 is 15.9 Å². The molecular formula is C18H25BrN2O3. The van der Waals surface area contributed by atoms with Gasteiger partial charge < -0.3 is 19.2 Å². The first kappa shape index (κ1) is 18.8. The highest BCUT2D eigenvalue weighted by molar-refractivity contribution is 9.10. The summed E-state index contributed by atoms with van der Waals surface area (Å²) in [5.74, 6) is 2.43. The van der Waals surface area contributed by atoms with Gasteiger partial charge in [0, 0.05) is 13.1 Å². The third-order valence-electron chi connectivity index (χ3n) is 3.74. The average Bonchev–Trinajstić information content (AvgIpc) is 3.07. The summed E-state index contributed by atoms with van der Waals surface area (Å²) in [6, 6.07) is 8.16. The first-order chi connectivity index (χ1) is 11.6. The van der Waals surface area contributed by atoms with Gasteiger partial charge in [0.1, 0.15) is 5.76 Å². The molecule has 1 aromatic heterocycles. The number of rotatable bonds is 9. The number of methoxy groups -OCH3 is 1. The van der Waals surface area contributed by atoms with Crippen LogP contribution in [-0.4, -0.2) is 39.3 Å². The maximum atomic E-state index is 5.63. The molecule has 0 bridgehead atoms. The molecule has 1 unspecified atom stereocenters. The highest BCUT2D eigenvalue weighted by Crippen LogP contribution is 2.36. The van der Waals surface area contributed by atoms with Crippen molar-refractivity contribution in [3.05, 3.63) is 46.3 Å². The van der Waals surface area contributed by atoms with Gasteiger partial charge in [-0.2, -0.15) is 0 Å². The number of halogens is 1. The lowest BCUT2D eigenvalue weighted by Gasteiger charge is -2.23. The Morgan fingerprint density at radius 3 is 2.71 bits per heavy atom. The lowest BCUT2D eigenvalue weighted by molar-refractivity contribution is 0.250. The zero-order chi connectivity index (χ0) is 17.5. The Bertz CT molecular complexity index is 629. The molecule has 2 rings (SSSR count). The Morgan fingerprint density at radius 2 is 2.12 bits per heavy atom. The predicted octanol–water partition coefficient (Wildman–Crippen LogP) is 3.84. The Balaban J connectivity index is 2.02. The van der Waals surface area contributed by atoms with Gasteiger partial charge in [0.25, 0.3) is 0 Å². The van der Waals surface area contributed by atoms with Gasteiger partial charge in [-0.05, 0) is 66.8 Å². The van der Waals surface area contributed by atoms with Crippen LogP contribution in [0.25, 0.3) is 0 Å². The SMILES string of the molecule is CCOc1c(Br)cc(CNCC(c2ccco2)N(C)C)cc1OC. The van der Waals surface area contributed by atoms with E-state index in [9.17, 15) is 0 Å². The quantitative estimate of drug-likeness (QED) is 0.697. The molecule has 132 valence electrons. The first-order valence-electron chi connectivity index (χ1n) is 7.96. The molecule has 1 atom stereocenters. The van der Waals surface area contributed by atoms with Crippen LogP contribution in [0, 0.1) is 0 Å². The molecular weight excluding hydrogens is 372 g/mol. The summed E-state index contributed by atoms with van der Waals surface area (Å²) in [4.78, 5) is 2.14. The molecule has 0 aliphatic carbocycles. The highest BCUT2D eigenvalue weighted by atomic mass is 79.9. The molecule has 0 spiro atoms. The van der Waals surface area contributed by atoms with Crippen molar-refractivity contribution in [2.45, 2.75) is 19.5 Å². The molecule has 6 heteroatoms. The molecule has 0 amide bonds. The van der Waals surface area contributed by atoms with Crippen LogP contribution < -0.4 is 14.8 Å². The van der Waals surface area contributed by atoms with E-state index in [4.69, 9.17) is 13.9 Å². The lowest BCUT2D eigenvalue weighted by atomic mass is 10.1. The van der Waals surface area contributed by atoms with Gasteiger partial charge in [0.15, 0.2) is 11.5 Å². The number of likely N-dealkylation sites (N-methyl/N-ethyl adjacent to an activating group) is 1. The molecule has 1 heterocycles. The monoisotopic (exact) mass is 396 g/mol. The summed E-state index contributed by atoms with van der Waals surface area (Å²) in [6.07, 6.45) is 1.71. The fourth-order valence-electron chi connectivity index (χ4n) is 2.53. The third kappa shape index (κ3) is 4.75. The van der Waals surface area contributed by atoms with Crippen LogP contribution in [0.3, 0.4) is 0 Å². The summed E-state index contributed by atoms with van der Waals surface area (Å²) in [7, 11) is 5.75. The van der Waals surface area contributed by atoms with Crippen LogP contribution in [0.4, 0.5) is 0 Å². The van der Waals surface area contributed by atoms with Crippen LogP contribution in [0.2, 0.25) is 0 Å². The Morgan fingerprint density at radius 1 is 1.33 bits per heavy atom. The van der Waals surface area contributed by atoms with Gasteiger partial charge in [-0.25, -0.2) is 0 Å². The van der Waals surface area contributed by atoms with E-state index in [2.05, 4.69) is 32.2 Å². The summed E-state index contributed by atoms with van der Waals surface area (Å²) in [5.41, 5.74) is 1.12. The van der Waals surface area contributed by atoms with E-state index in [1.54, 1.807) is 13.4 Å². The van der Waals surface area contributed by atoms with Gasteiger partial charge in [-0.15, -0.1) is 0 Å². The molecule has 2 aromatic rings. The highest BCUT2D eigenvalue weighted by Gasteiger charge is 2.17. The second-order valence-corrected chi connectivity index (χ2v) is 6.52. The van der Waals surface area contributed by atoms with Crippen molar-refractivity contribution in [3.63, 3.8) is 0 Å². The Labute approximate surface area is 152 Å². The van der Waals surface area contributed by atoms with Gasteiger partial charge >= 0.3 is 0 Å². The molecule has 0 saturated heterocycles. The van der Waals surface area contributed by atoms with Gasteiger partial charge in [0.05, 0.1) is 30.5 Å². The summed E-state index contributed by atoms with van der Waals surface area (Å²) >= 11 is 3.56. The van der Waals surface area contributed by atoms with Crippen molar-refractivity contribution in [3.8, 4) is 11.5 Å². The van der Waals surface area contributed by atoms with Crippen LogP contribution in [0.1, 0.15) is 24.3 Å². The molecule has 0 saturated carbocycles. The summed E-state index contributed by atoms with van der Waals surface area (Å²) in [6.45, 7) is 4.07. The number of benzene rings is 1. The van der Waals surface area contributed by atoms with Crippen LogP contribution in [0.15, 0.2) is 39.4 Å². The predicted molar refractivity (Wildman–Crippen MR) is 98.7 cm³/mol. The molecule has 1 N–H and O–H groups in total. The van der Waals surface area contributed by atoms with Crippen molar-refractivity contribution >= 4 is 15.9 Å². The topological polar surface area (TPSA) is 46.9 Å². The van der Waals surface area contributed by atoms with E-state index in [0.717, 1.165) is 40.4 Å². The molecule has 0 aliphatic heterocycles. The Hall–Kier alpha value is -1.50. The van der Waals surface area contributed by atoms with E-state index in [1.807, 2.05) is 39.2 Å². The zero-order valence-electron chi connectivity index (χ0n) is 14.6. The van der Waals surface area contributed by atoms with Crippen molar-refractivity contribution < 1.29 is 13.9 Å². The third-order valence-corrected chi connectivity index (χ3v) is 4.33. The number of hydrogen-bond donors (Lipinski definition) is 1. The average molecular weight is 397 g/mol. The molecule has 0 fully saturated rings. The number of nitrogens with one attached hydrogen (secondary N) is 1. The van der Waals surface area contributed by atoms with Crippen molar-refractivity contribution in [1.82, 2.24) is 10.2 Å². The van der Waals surface area contributed by atoms with E-state index >= 15 is 0 Å². The maximum absolute atomic E-state index is 5.63. The van der Waals surface area contributed by atoms with Gasteiger partial charge in [0.2, 0.25) is 0 Å². The normalized spacial score (nSPS) is 12.4. The smallest absolute Gasteiger partial charge is 0.175 e.